The Labute approximate surface area is 312 Å². The van der Waals surface area contributed by atoms with Crippen LogP contribution < -0.4 is 20.9 Å². The molecule has 12 heteroatoms. The van der Waals surface area contributed by atoms with Crippen LogP contribution in [-0.2, 0) is 19.1 Å². The Kier molecular flexibility index (Phi) is 12.7. The number of carbonyl (C=O) groups is 4. The number of rotatable bonds is 18. The molecule has 12 nitrogen and oxygen atoms in total. The smallest absolute Gasteiger partial charge is 0.330 e. The van der Waals surface area contributed by atoms with E-state index in [2.05, 4.69) is 13.2 Å². The first-order valence-corrected chi connectivity index (χ1v) is 17.5. The summed E-state index contributed by atoms with van der Waals surface area (Å²) >= 11 is 0. The van der Waals surface area contributed by atoms with Crippen molar-refractivity contribution in [2.75, 3.05) is 37.9 Å². The Balaban J connectivity index is 1.32. The fourth-order valence-corrected chi connectivity index (χ4v) is 6.12. The summed E-state index contributed by atoms with van der Waals surface area (Å²) in [4.78, 5) is 50.4. The number of phenolic OH excluding ortho intramolecular Hbond substituents is 2. The zero-order valence-electron chi connectivity index (χ0n) is 29.7. The van der Waals surface area contributed by atoms with Gasteiger partial charge in [-0.05, 0) is 86.1 Å². The van der Waals surface area contributed by atoms with Gasteiger partial charge in [0.15, 0.2) is 0 Å². The maximum absolute atomic E-state index is 14.1. The van der Waals surface area contributed by atoms with E-state index in [0.29, 0.717) is 74.7 Å². The zero-order valence-corrected chi connectivity index (χ0v) is 29.7. The number of phenols is 2. The Morgan fingerprint density at radius 1 is 0.574 bits per heavy atom. The van der Waals surface area contributed by atoms with Gasteiger partial charge in [-0.25, -0.2) is 9.59 Å². The quantitative estimate of drug-likeness (QED) is 0.0239. The number of esters is 2. The lowest BCUT2D eigenvalue weighted by Crippen LogP contribution is -2.24. The molecule has 1 aliphatic carbocycles. The molecule has 0 heterocycles. The molecule has 280 valence electrons. The molecule has 0 amide bonds. The third kappa shape index (κ3) is 8.72. The molecule has 0 aromatic heterocycles. The van der Waals surface area contributed by atoms with Crippen LogP contribution in [-0.4, -0.2) is 60.1 Å². The van der Waals surface area contributed by atoms with Crippen molar-refractivity contribution in [3.63, 3.8) is 0 Å². The van der Waals surface area contributed by atoms with E-state index in [0.717, 1.165) is 25.0 Å². The summed E-state index contributed by atoms with van der Waals surface area (Å²) in [6.45, 7) is 8.09. The number of aromatic hydroxyl groups is 2. The number of benzene rings is 4. The third-order valence-electron chi connectivity index (χ3n) is 8.80. The number of ketones is 2. The Morgan fingerprint density at radius 2 is 0.963 bits per heavy atom. The van der Waals surface area contributed by atoms with E-state index in [1.54, 1.807) is 48.5 Å². The van der Waals surface area contributed by atoms with Crippen LogP contribution in [0.25, 0.3) is 22.3 Å². The molecule has 0 fully saturated rings. The number of ether oxygens (including phenoxy) is 4. The maximum Gasteiger partial charge on any atom is 0.330 e. The number of carbonyl (C=O) groups excluding carboxylic acids is 4. The molecule has 0 aliphatic heterocycles. The van der Waals surface area contributed by atoms with Crippen LogP contribution in [0.5, 0.6) is 23.0 Å². The second-order valence-corrected chi connectivity index (χ2v) is 12.5. The summed E-state index contributed by atoms with van der Waals surface area (Å²) in [7, 11) is 0. The number of hydrogen-bond donors (Lipinski definition) is 4. The van der Waals surface area contributed by atoms with Crippen LogP contribution in [0.15, 0.2) is 86.0 Å². The lowest BCUT2D eigenvalue weighted by Gasteiger charge is -2.24. The maximum atomic E-state index is 14.1. The number of nitrogen functional groups attached to an aromatic ring is 2. The molecule has 4 aromatic rings. The van der Waals surface area contributed by atoms with Crippen molar-refractivity contribution in [1.82, 2.24) is 0 Å². The summed E-state index contributed by atoms with van der Waals surface area (Å²) in [5.74, 6) is -2.34. The van der Waals surface area contributed by atoms with Crippen molar-refractivity contribution in [2.45, 2.75) is 38.5 Å². The molecule has 0 bridgehead atoms. The summed E-state index contributed by atoms with van der Waals surface area (Å²) < 4.78 is 21.7. The fourth-order valence-electron chi connectivity index (χ4n) is 6.12. The second-order valence-electron chi connectivity index (χ2n) is 12.5. The van der Waals surface area contributed by atoms with Gasteiger partial charge < -0.3 is 40.6 Å². The van der Waals surface area contributed by atoms with Crippen molar-refractivity contribution in [2.24, 2.45) is 0 Å². The van der Waals surface area contributed by atoms with Crippen molar-refractivity contribution in [3.8, 4) is 45.3 Å². The molecular formula is C42H42N2O10. The second kappa shape index (κ2) is 17.8. The molecule has 6 N–H and O–H groups in total. The molecule has 0 spiro atoms. The normalized spacial score (nSPS) is 11.6. The summed E-state index contributed by atoms with van der Waals surface area (Å²) in [5, 5.41) is 23.0. The van der Waals surface area contributed by atoms with Crippen molar-refractivity contribution < 1.29 is 48.3 Å². The lowest BCUT2D eigenvalue weighted by atomic mass is 9.78. The van der Waals surface area contributed by atoms with Crippen molar-refractivity contribution in [3.05, 3.63) is 108 Å². The van der Waals surface area contributed by atoms with Gasteiger partial charge in [0.1, 0.15) is 23.0 Å². The number of fused-ring (bicyclic) bond motifs is 2. The molecule has 5 rings (SSSR count). The average molecular weight is 735 g/mol. The number of hydrogen-bond acceptors (Lipinski definition) is 12. The third-order valence-corrected chi connectivity index (χ3v) is 8.80. The van der Waals surface area contributed by atoms with E-state index < -0.39 is 35.0 Å². The molecular weight excluding hydrogens is 692 g/mol. The van der Waals surface area contributed by atoms with E-state index in [4.69, 9.17) is 30.4 Å². The molecule has 54 heavy (non-hydrogen) atoms. The predicted octanol–water partition coefficient (Wildman–Crippen LogP) is 6.93. The molecule has 0 saturated heterocycles. The Bertz CT molecular complexity index is 1960. The summed E-state index contributed by atoms with van der Waals surface area (Å²) in [6, 6.07) is 16.5. The highest BCUT2D eigenvalue weighted by Gasteiger charge is 2.39. The van der Waals surface area contributed by atoms with Gasteiger partial charge in [0.05, 0.1) is 48.7 Å². The molecule has 1 aliphatic rings. The van der Waals surface area contributed by atoms with Crippen LogP contribution >= 0.6 is 0 Å². The van der Waals surface area contributed by atoms with Gasteiger partial charge in [-0.1, -0.05) is 37.4 Å². The zero-order chi connectivity index (χ0) is 38.8. The van der Waals surface area contributed by atoms with E-state index in [-0.39, 0.29) is 44.8 Å². The van der Waals surface area contributed by atoms with Gasteiger partial charge >= 0.3 is 11.9 Å². The Hall–Kier alpha value is -6.56. The van der Waals surface area contributed by atoms with Crippen LogP contribution in [0.3, 0.4) is 0 Å². The number of anilines is 2. The van der Waals surface area contributed by atoms with E-state index in [1.807, 2.05) is 0 Å². The van der Waals surface area contributed by atoms with E-state index in [1.165, 1.54) is 12.1 Å². The largest absolute Gasteiger partial charge is 0.506 e. The Morgan fingerprint density at radius 3 is 1.35 bits per heavy atom. The summed E-state index contributed by atoms with van der Waals surface area (Å²) in [6.07, 6.45) is 6.53. The topological polar surface area (TPSA) is 198 Å². The van der Waals surface area contributed by atoms with Gasteiger partial charge in [0.2, 0.25) is 11.6 Å². The van der Waals surface area contributed by atoms with Gasteiger partial charge in [0.25, 0.3) is 0 Å². The van der Waals surface area contributed by atoms with Crippen molar-refractivity contribution >= 4 is 34.9 Å². The minimum absolute atomic E-state index is 0.0667. The minimum Gasteiger partial charge on any atom is -0.506 e. The first-order chi connectivity index (χ1) is 26.0. The van der Waals surface area contributed by atoms with Gasteiger partial charge in [-0.2, -0.15) is 0 Å². The van der Waals surface area contributed by atoms with Crippen LogP contribution in [0.4, 0.5) is 11.4 Å². The highest BCUT2D eigenvalue weighted by atomic mass is 16.5. The van der Waals surface area contributed by atoms with E-state index >= 15 is 0 Å². The van der Waals surface area contributed by atoms with E-state index in [9.17, 15) is 29.4 Å². The SMILES string of the molecule is C=CC(=O)OCCCCCOc1cccc(-c2cc(N)c3c(c2O)C(=O)c2c(N)cc(-c4cccc(OCCCCCOC(=O)C=C)c4)c(O)c2C3=O)c1. The first kappa shape index (κ1) is 38.7. The number of unbranched alkanes of at least 4 members (excludes halogenated alkanes) is 4. The highest BCUT2D eigenvalue weighted by molar-refractivity contribution is 6.34. The molecule has 0 atom stereocenters. The summed E-state index contributed by atoms with van der Waals surface area (Å²) in [5.41, 5.74) is 13.0. The van der Waals surface area contributed by atoms with Gasteiger partial charge in [-0.15, -0.1) is 0 Å². The fraction of sp³-hybridized carbons (Fsp3) is 0.238. The van der Waals surface area contributed by atoms with Crippen LogP contribution in [0, 0.1) is 0 Å². The van der Waals surface area contributed by atoms with Crippen LogP contribution in [0.2, 0.25) is 0 Å². The van der Waals surface area contributed by atoms with Gasteiger partial charge in [0, 0.05) is 34.7 Å². The minimum atomic E-state index is -0.757. The molecule has 0 unspecified atom stereocenters. The lowest BCUT2D eigenvalue weighted by molar-refractivity contribution is -0.138. The van der Waals surface area contributed by atoms with Crippen LogP contribution in [0.1, 0.15) is 70.4 Å². The molecule has 0 radical (unpaired) electrons. The highest BCUT2D eigenvalue weighted by Crippen LogP contribution is 2.48. The average Bonchev–Trinajstić information content (AvgIpc) is 3.17. The first-order valence-electron chi connectivity index (χ1n) is 17.5. The predicted molar refractivity (Wildman–Crippen MR) is 204 cm³/mol. The standard InChI is InChI=1S/C42H42N2O10/c1-3-33(45)53-19-9-5-7-17-51-27-15-11-13-25(21-27)29-23-31(43)35-37(39(29)47)41(49)36-32(44)24-30(40(48)38(36)42(35)50)26-14-12-16-28(22-26)52-18-8-6-10-20-54-34(46)4-2/h3-4,11-16,21-24,47-48H,1-2,5-10,17-20,43-44H2. The van der Waals surface area contributed by atoms with Crippen molar-refractivity contribution in [1.29, 1.82) is 0 Å². The monoisotopic (exact) mass is 734 g/mol. The molecule has 0 saturated carbocycles. The number of nitrogens with two attached hydrogens (primary N) is 2. The van der Waals surface area contributed by atoms with Gasteiger partial charge in [-0.3, -0.25) is 9.59 Å². The molecule has 4 aromatic carbocycles.